The minimum absolute atomic E-state index is 0.589. The van der Waals surface area contributed by atoms with Crippen molar-refractivity contribution in [1.82, 2.24) is 29.9 Å². The molecule has 0 radical (unpaired) electrons. The van der Waals surface area contributed by atoms with Crippen molar-refractivity contribution >= 4 is 110 Å². The van der Waals surface area contributed by atoms with Crippen molar-refractivity contribution in [3.8, 4) is 124 Å². The minimum atomic E-state index is 0.589. The summed E-state index contributed by atoms with van der Waals surface area (Å²) in [4.78, 5) is 29.9. The third kappa shape index (κ3) is 13.0. The average Bonchev–Trinajstić information content (AvgIpc) is 1.64. The van der Waals surface area contributed by atoms with Crippen molar-refractivity contribution < 1.29 is 17.7 Å². The zero-order chi connectivity index (χ0) is 79.4. The number of aromatic nitrogens is 6. The highest BCUT2D eigenvalue weighted by molar-refractivity contribution is 6.17. The highest BCUT2D eigenvalue weighted by atomic mass is 16.3. The molecule has 24 rings (SSSR count). The first-order valence-electron chi connectivity index (χ1n) is 40.1. The lowest BCUT2D eigenvalue weighted by Gasteiger charge is -2.13. The highest BCUT2D eigenvalue weighted by Gasteiger charge is 2.24. The van der Waals surface area contributed by atoms with Crippen LogP contribution in [0, 0.1) is 0 Å². The standard InChI is InChI=1S/C40H24N2O2.C36H22N2O.C34H22N2O/c1-2-10-27(11-3-1)39-41-37(36-33-15-5-7-19-35(33)44-40(36)42-39)26-22-20-25(21-23-26)28-12-8-13-29(24-28)30-16-9-17-32-31-14-4-6-18-34(31)43-38(30)32;1-2-11-23(12-3-1)35-37-34(33-30-19-8-9-20-32(30)39-36(33)38-35)26-15-10-14-24(21-26)31-22-25-13-4-5-16-27(25)28-17-6-7-18-29(28)31;1-4-12-23(13-5-1)26-20-27(24-14-6-2-7-15-24)22-28(21-26)32-31-29-18-10-11-19-30(29)37-34(31)36-33(35-32)25-16-8-3-9-17-25/h1-24H;1-22H;1-22H. The Bertz CT molecular complexity index is 7960. The smallest absolute Gasteiger partial charge is 0.231 e. The fourth-order valence-corrected chi connectivity index (χ4v) is 16.8. The second kappa shape index (κ2) is 30.1. The maximum Gasteiger partial charge on any atom is 0.231 e. The van der Waals surface area contributed by atoms with Crippen LogP contribution >= 0.6 is 0 Å². The van der Waals surface area contributed by atoms with Crippen LogP contribution in [0.15, 0.2) is 430 Å². The first kappa shape index (κ1) is 70.3. The number of hydrogen-bond donors (Lipinski definition) is 0. The summed E-state index contributed by atoms with van der Waals surface area (Å²) in [6.45, 7) is 0. The number of fused-ring (bicyclic) bond motifs is 15. The molecule has 0 aliphatic carbocycles. The quantitative estimate of drug-likeness (QED) is 0.115. The van der Waals surface area contributed by atoms with E-state index in [1.165, 1.54) is 27.1 Å². The van der Waals surface area contributed by atoms with Gasteiger partial charge in [0.1, 0.15) is 27.9 Å². The zero-order valence-electron chi connectivity index (χ0n) is 64.6. The van der Waals surface area contributed by atoms with Crippen LogP contribution in [0.1, 0.15) is 0 Å². The Kier molecular flexibility index (Phi) is 17.7. The van der Waals surface area contributed by atoms with E-state index in [2.05, 4.69) is 243 Å². The largest absolute Gasteiger partial charge is 0.455 e. The molecule has 24 aromatic rings. The molecule has 0 unspecified atom stereocenters. The van der Waals surface area contributed by atoms with E-state index in [1.54, 1.807) is 0 Å². The Hall–Kier alpha value is -16.3. The van der Waals surface area contributed by atoms with Gasteiger partial charge in [0.15, 0.2) is 17.5 Å². The maximum atomic E-state index is 6.33. The van der Waals surface area contributed by atoms with Crippen molar-refractivity contribution in [2.75, 3.05) is 0 Å². The fraction of sp³-hybridized carbons (Fsp3) is 0. The number of rotatable bonds is 11. The molecule has 0 fully saturated rings. The van der Waals surface area contributed by atoms with Crippen LogP contribution in [-0.2, 0) is 0 Å². The summed E-state index contributed by atoms with van der Waals surface area (Å²) in [7, 11) is 0. The molecular formula is C110H68N6O4. The van der Waals surface area contributed by atoms with Crippen LogP contribution in [0.3, 0.4) is 0 Å². The molecule has 17 aromatic carbocycles. The first-order valence-corrected chi connectivity index (χ1v) is 40.1. The summed E-state index contributed by atoms with van der Waals surface area (Å²) in [5.41, 5.74) is 25.9. The van der Waals surface area contributed by atoms with Gasteiger partial charge >= 0.3 is 0 Å². The molecule has 0 bridgehead atoms. The number of nitrogens with zero attached hydrogens (tertiary/aromatic N) is 6. The van der Waals surface area contributed by atoms with Gasteiger partial charge in [0, 0.05) is 65.9 Å². The van der Waals surface area contributed by atoms with E-state index in [-0.39, 0.29) is 0 Å². The number of furan rings is 4. The first-order chi connectivity index (χ1) is 59.5. The molecule has 0 saturated heterocycles. The summed E-state index contributed by atoms with van der Waals surface area (Å²) >= 11 is 0. The van der Waals surface area contributed by atoms with Gasteiger partial charge in [-0.25, -0.2) is 15.0 Å². The molecule has 10 heteroatoms. The Morgan fingerprint density at radius 3 is 0.975 bits per heavy atom. The van der Waals surface area contributed by atoms with Crippen LogP contribution < -0.4 is 0 Å². The summed E-state index contributed by atoms with van der Waals surface area (Å²) < 4.78 is 25.0. The van der Waals surface area contributed by atoms with E-state index in [4.69, 9.17) is 47.6 Å². The van der Waals surface area contributed by atoms with Gasteiger partial charge in [-0.05, 0) is 132 Å². The fourth-order valence-electron chi connectivity index (χ4n) is 16.8. The SMILES string of the molecule is c1ccc(-c2cc(-c3ccccc3)cc(-c3nc(-c4ccccc4)nc4oc5ccccc5c34)c2)cc1.c1ccc(-c2nc(-c3ccc(-c4cccc(-c5cccc6c5oc5ccccc56)c4)cc3)c3c(n2)oc2ccccc23)cc1.c1ccc(-c2nc(-c3cccc(-c4cc5ccccc5c5ccccc45)c3)c3c(n2)oc2ccccc23)cc1. The van der Waals surface area contributed by atoms with E-state index >= 15 is 0 Å². The number of benzene rings is 17. The Morgan fingerprint density at radius 2 is 0.475 bits per heavy atom. The minimum Gasteiger partial charge on any atom is -0.455 e. The van der Waals surface area contributed by atoms with Crippen molar-refractivity contribution in [2.24, 2.45) is 0 Å². The molecule has 0 aliphatic rings. The predicted octanol–water partition coefficient (Wildman–Crippen LogP) is 29.7. The Labute approximate surface area is 688 Å². The van der Waals surface area contributed by atoms with Gasteiger partial charge in [-0.15, -0.1) is 0 Å². The zero-order valence-corrected chi connectivity index (χ0v) is 64.6. The van der Waals surface area contributed by atoms with Crippen LogP contribution in [0.25, 0.3) is 233 Å². The van der Waals surface area contributed by atoms with Gasteiger partial charge in [-0.3, -0.25) is 0 Å². The highest BCUT2D eigenvalue weighted by Crippen LogP contribution is 2.45. The monoisotopic (exact) mass is 1540 g/mol. The molecule has 10 nitrogen and oxygen atoms in total. The number of para-hydroxylation sites is 5. The summed E-state index contributed by atoms with van der Waals surface area (Å²) in [6.07, 6.45) is 0. The van der Waals surface area contributed by atoms with Gasteiger partial charge in [0.05, 0.1) is 33.2 Å². The molecule has 7 heterocycles. The summed E-state index contributed by atoms with van der Waals surface area (Å²) in [5, 5.41) is 13.1. The maximum absolute atomic E-state index is 6.33. The normalized spacial score (nSPS) is 11.5. The lowest BCUT2D eigenvalue weighted by molar-refractivity contribution is 0.653. The van der Waals surface area contributed by atoms with E-state index in [0.29, 0.717) is 34.6 Å². The molecule has 0 atom stereocenters. The molecule has 7 aromatic heterocycles. The van der Waals surface area contributed by atoms with Crippen molar-refractivity contribution in [3.63, 3.8) is 0 Å². The predicted molar refractivity (Wildman–Crippen MR) is 490 cm³/mol. The molecule has 562 valence electrons. The van der Waals surface area contributed by atoms with E-state index in [1.807, 2.05) is 170 Å². The van der Waals surface area contributed by atoms with Crippen LogP contribution in [0.5, 0.6) is 0 Å². The van der Waals surface area contributed by atoms with E-state index < -0.39 is 0 Å². The van der Waals surface area contributed by atoms with Gasteiger partial charge in [0.2, 0.25) is 17.1 Å². The third-order valence-electron chi connectivity index (χ3n) is 22.5. The van der Waals surface area contributed by atoms with Gasteiger partial charge in [-0.1, -0.05) is 352 Å². The summed E-state index contributed by atoms with van der Waals surface area (Å²) in [5.74, 6) is 1.94. The lowest BCUT2D eigenvalue weighted by Crippen LogP contribution is -1.95. The molecule has 0 spiro atoms. The van der Waals surface area contributed by atoms with Gasteiger partial charge < -0.3 is 17.7 Å². The Morgan fingerprint density at radius 1 is 0.158 bits per heavy atom. The second-order valence-electron chi connectivity index (χ2n) is 29.9. The van der Waals surface area contributed by atoms with E-state index in [0.717, 1.165) is 172 Å². The van der Waals surface area contributed by atoms with Crippen LogP contribution in [0.4, 0.5) is 0 Å². The molecule has 0 amide bonds. The number of hydrogen-bond acceptors (Lipinski definition) is 10. The summed E-state index contributed by atoms with van der Waals surface area (Å²) in [6, 6.07) is 142. The molecule has 120 heavy (non-hydrogen) atoms. The topological polar surface area (TPSA) is 130 Å². The average molecular weight is 1540 g/mol. The van der Waals surface area contributed by atoms with Gasteiger partial charge in [0.25, 0.3) is 0 Å². The van der Waals surface area contributed by atoms with Crippen molar-refractivity contribution in [2.45, 2.75) is 0 Å². The van der Waals surface area contributed by atoms with Crippen molar-refractivity contribution in [1.29, 1.82) is 0 Å². The van der Waals surface area contributed by atoms with Gasteiger partial charge in [-0.2, -0.15) is 15.0 Å². The molecule has 0 aliphatic heterocycles. The third-order valence-corrected chi connectivity index (χ3v) is 22.5. The van der Waals surface area contributed by atoms with E-state index in [9.17, 15) is 0 Å². The Balaban J connectivity index is 0.000000109. The second-order valence-corrected chi connectivity index (χ2v) is 29.9. The van der Waals surface area contributed by atoms with Crippen molar-refractivity contribution in [3.05, 3.63) is 413 Å². The van der Waals surface area contributed by atoms with Crippen LogP contribution in [0.2, 0.25) is 0 Å². The molecule has 0 saturated carbocycles. The molecular weight excluding hydrogens is 1470 g/mol. The van der Waals surface area contributed by atoms with Crippen LogP contribution in [-0.4, -0.2) is 29.9 Å². The molecule has 0 N–H and O–H groups in total. The lowest BCUT2D eigenvalue weighted by atomic mass is 9.92.